The number of likely N-dealkylation sites (tertiary alicyclic amines) is 1. The van der Waals surface area contributed by atoms with Crippen molar-refractivity contribution in [3.63, 3.8) is 0 Å². The molecule has 1 aliphatic heterocycles. The minimum Gasteiger partial charge on any atom is -0.384 e. The summed E-state index contributed by atoms with van der Waals surface area (Å²) in [6.45, 7) is 1.18. The molecule has 1 unspecified atom stereocenters. The fourth-order valence-electron chi connectivity index (χ4n) is 2.65. The number of benzene rings is 1. The highest BCUT2D eigenvalue weighted by molar-refractivity contribution is 5.27. The zero-order chi connectivity index (χ0) is 12.0. The Morgan fingerprint density at radius 2 is 2.06 bits per heavy atom. The predicted octanol–water partition coefficient (Wildman–Crippen LogP) is 2.02. The standard InChI is InChI=1S/C13H15F2NO/c14-9-1-4-12(15)11(7-9)13(17)5-6-16(8-13)10-2-3-10/h1,4,7,10,17H,2-3,5-6,8H2. The molecule has 1 N–H and O–H groups in total. The minimum atomic E-state index is -1.23. The molecule has 1 saturated heterocycles. The molecule has 1 heterocycles. The lowest BCUT2D eigenvalue weighted by molar-refractivity contribution is 0.0413. The van der Waals surface area contributed by atoms with Crippen LogP contribution in [-0.2, 0) is 5.60 Å². The molecule has 2 aliphatic rings. The average Bonchev–Trinajstić information content (AvgIpc) is 3.06. The molecular weight excluding hydrogens is 224 g/mol. The smallest absolute Gasteiger partial charge is 0.129 e. The fraction of sp³-hybridized carbons (Fsp3) is 0.538. The monoisotopic (exact) mass is 239 g/mol. The highest BCUT2D eigenvalue weighted by atomic mass is 19.1. The number of nitrogens with zero attached hydrogens (tertiary/aromatic N) is 1. The van der Waals surface area contributed by atoms with Crippen LogP contribution in [-0.4, -0.2) is 29.1 Å². The van der Waals surface area contributed by atoms with Crippen LogP contribution in [0.2, 0.25) is 0 Å². The minimum absolute atomic E-state index is 0.0978. The summed E-state index contributed by atoms with van der Waals surface area (Å²) in [5.74, 6) is -1.02. The number of β-amino-alcohol motifs (C(OH)–C–C–N with tert-alkyl or cyclic N) is 1. The van der Waals surface area contributed by atoms with Gasteiger partial charge in [0.15, 0.2) is 0 Å². The van der Waals surface area contributed by atoms with Crippen molar-refractivity contribution in [2.45, 2.75) is 30.9 Å². The van der Waals surface area contributed by atoms with Crippen LogP contribution in [0, 0.1) is 11.6 Å². The Morgan fingerprint density at radius 1 is 1.29 bits per heavy atom. The van der Waals surface area contributed by atoms with Crippen LogP contribution in [0.15, 0.2) is 18.2 Å². The van der Waals surface area contributed by atoms with E-state index >= 15 is 0 Å². The molecule has 0 amide bonds. The number of aliphatic hydroxyl groups is 1. The van der Waals surface area contributed by atoms with E-state index in [4.69, 9.17) is 0 Å². The highest BCUT2D eigenvalue weighted by Gasteiger charge is 2.44. The van der Waals surface area contributed by atoms with Crippen molar-refractivity contribution in [3.05, 3.63) is 35.4 Å². The summed E-state index contributed by atoms with van der Waals surface area (Å²) in [5.41, 5.74) is -1.13. The molecular formula is C13H15F2NO. The Bertz CT molecular complexity index is 447. The number of hydrogen-bond donors (Lipinski definition) is 1. The summed E-state index contributed by atoms with van der Waals surface area (Å²) >= 11 is 0. The molecule has 1 aromatic carbocycles. The Balaban J connectivity index is 1.89. The first-order valence-electron chi connectivity index (χ1n) is 6.00. The largest absolute Gasteiger partial charge is 0.384 e. The summed E-state index contributed by atoms with van der Waals surface area (Å²) in [5, 5.41) is 10.5. The van der Waals surface area contributed by atoms with Gasteiger partial charge in [0.1, 0.15) is 17.2 Å². The van der Waals surface area contributed by atoms with Gasteiger partial charge in [-0.1, -0.05) is 0 Å². The Morgan fingerprint density at radius 3 is 2.76 bits per heavy atom. The Hall–Kier alpha value is -1.00. The van der Waals surface area contributed by atoms with E-state index in [0.717, 1.165) is 37.6 Å². The van der Waals surface area contributed by atoms with E-state index in [2.05, 4.69) is 4.90 Å². The molecule has 0 radical (unpaired) electrons. The molecule has 0 spiro atoms. The van der Waals surface area contributed by atoms with Crippen molar-refractivity contribution in [3.8, 4) is 0 Å². The van der Waals surface area contributed by atoms with Crippen molar-refractivity contribution in [2.75, 3.05) is 13.1 Å². The Kier molecular flexibility index (Phi) is 2.45. The topological polar surface area (TPSA) is 23.5 Å². The Labute approximate surface area is 98.9 Å². The van der Waals surface area contributed by atoms with E-state index in [0.29, 0.717) is 19.0 Å². The lowest BCUT2D eigenvalue weighted by Gasteiger charge is -2.24. The molecule has 0 aromatic heterocycles. The van der Waals surface area contributed by atoms with Crippen LogP contribution < -0.4 is 0 Å². The SMILES string of the molecule is OC1(c2cc(F)ccc2F)CCN(C2CC2)C1. The number of halogens is 2. The van der Waals surface area contributed by atoms with Gasteiger partial charge in [-0.05, 0) is 37.5 Å². The van der Waals surface area contributed by atoms with Crippen LogP contribution in [0.4, 0.5) is 8.78 Å². The van der Waals surface area contributed by atoms with E-state index in [1.54, 1.807) is 0 Å². The van der Waals surface area contributed by atoms with Gasteiger partial charge < -0.3 is 5.11 Å². The van der Waals surface area contributed by atoms with Gasteiger partial charge >= 0.3 is 0 Å². The van der Waals surface area contributed by atoms with Gasteiger partial charge in [0.05, 0.1) is 0 Å². The van der Waals surface area contributed by atoms with E-state index in [1.165, 1.54) is 0 Å². The second-order valence-electron chi connectivity index (χ2n) is 5.11. The molecule has 2 fully saturated rings. The summed E-state index contributed by atoms with van der Waals surface area (Å²) in [6.07, 6.45) is 2.79. The first kappa shape index (κ1) is 11.1. The number of hydrogen-bond acceptors (Lipinski definition) is 2. The van der Waals surface area contributed by atoms with E-state index in [9.17, 15) is 13.9 Å². The van der Waals surface area contributed by atoms with Crippen LogP contribution in [0.1, 0.15) is 24.8 Å². The zero-order valence-corrected chi connectivity index (χ0v) is 9.50. The van der Waals surface area contributed by atoms with E-state index in [1.807, 2.05) is 0 Å². The molecule has 17 heavy (non-hydrogen) atoms. The molecule has 1 aromatic rings. The second kappa shape index (κ2) is 3.75. The average molecular weight is 239 g/mol. The van der Waals surface area contributed by atoms with Crippen LogP contribution in [0.25, 0.3) is 0 Å². The first-order valence-corrected chi connectivity index (χ1v) is 6.00. The second-order valence-corrected chi connectivity index (χ2v) is 5.11. The van der Waals surface area contributed by atoms with Crippen LogP contribution >= 0.6 is 0 Å². The first-order chi connectivity index (χ1) is 8.08. The lowest BCUT2D eigenvalue weighted by Crippen LogP contribution is -2.32. The molecule has 1 saturated carbocycles. The highest BCUT2D eigenvalue weighted by Crippen LogP contribution is 2.39. The van der Waals surface area contributed by atoms with Crippen molar-refractivity contribution in [2.24, 2.45) is 0 Å². The molecule has 0 bridgehead atoms. The van der Waals surface area contributed by atoms with Gasteiger partial charge in [0.2, 0.25) is 0 Å². The zero-order valence-electron chi connectivity index (χ0n) is 9.50. The summed E-state index contributed by atoms with van der Waals surface area (Å²) in [4.78, 5) is 2.17. The molecule has 1 aliphatic carbocycles. The van der Waals surface area contributed by atoms with Gasteiger partial charge in [-0.15, -0.1) is 0 Å². The summed E-state index contributed by atoms with van der Waals surface area (Å²) < 4.78 is 26.8. The van der Waals surface area contributed by atoms with Gasteiger partial charge in [-0.3, -0.25) is 4.90 Å². The molecule has 92 valence electrons. The maximum absolute atomic E-state index is 13.7. The van der Waals surface area contributed by atoms with Crippen molar-refractivity contribution < 1.29 is 13.9 Å². The maximum Gasteiger partial charge on any atom is 0.129 e. The summed E-state index contributed by atoms with van der Waals surface area (Å²) in [7, 11) is 0. The van der Waals surface area contributed by atoms with Crippen molar-refractivity contribution >= 4 is 0 Å². The predicted molar refractivity (Wildman–Crippen MR) is 59.5 cm³/mol. The third kappa shape index (κ3) is 1.96. The molecule has 2 nitrogen and oxygen atoms in total. The van der Waals surface area contributed by atoms with Crippen LogP contribution in [0.3, 0.4) is 0 Å². The third-order valence-corrected chi connectivity index (χ3v) is 3.77. The van der Waals surface area contributed by atoms with Gasteiger partial charge in [0, 0.05) is 24.7 Å². The normalized spacial score (nSPS) is 29.8. The molecule has 3 rings (SSSR count). The quantitative estimate of drug-likeness (QED) is 0.853. The van der Waals surface area contributed by atoms with Crippen molar-refractivity contribution in [1.82, 2.24) is 4.90 Å². The van der Waals surface area contributed by atoms with Crippen molar-refractivity contribution in [1.29, 1.82) is 0 Å². The number of rotatable bonds is 2. The van der Waals surface area contributed by atoms with Gasteiger partial charge in [0.25, 0.3) is 0 Å². The fourth-order valence-corrected chi connectivity index (χ4v) is 2.65. The molecule has 1 atom stereocenters. The van der Waals surface area contributed by atoms with E-state index in [-0.39, 0.29) is 5.56 Å². The summed E-state index contributed by atoms with van der Waals surface area (Å²) in [6, 6.07) is 3.82. The van der Waals surface area contributed by atoms with Crippen LogP contribution in [0.5, 0.6) is 0 Å². The van der Waals surface area contributed by atoms with Gasteiger partial charge in [-0.25, -0.2) is 8.78 Å². The molecule has 4 heteroatoms. The lowest BCUT2D eigenvalue weighted by atomic mass is 9.92. The third-order valence-electron chi connectivity index (χ3n) is 3.77. The maximum atomic E-state index is 13.7. The van der Waals surface area contributed by atoms with E-state index < -0.39 is 17.2 Å². The van der Waals surface area contributed by atoms with Gasteiger partial charge in [-0.2, -0.15) is 0 Å².